The number of nitrogens with one attached hydrogen (secondary N) is 1. The molecule has 0 aliphatic heterocycles. The molecule has 0 saturated heterocycles. The van der Waals surface area contributed by atoms with Crippen molar-refractivity contribution in [2.75, 3.05) is 13.1 Å². The Morgan fingerprint density at radius 3 is 2.15 bits per heavy atom. The molecule has 0 aliphatic rings. The zero-order chi connectivity index (χ0) is 16.1. The van der Waals surface area contributed by atoms with Gasteiger partial charge >= 0.3 is 11.9 Å². The van der Waals surface area contributed by atoms with Gasteiger partial charge in [0.2, 0.25) is 5.91 Å². The fourth-order valence-electron chi connectivity index (χ4n) is 0.942. The fraction of sp³-hybridized carbons (Fsp3) is 0.727. The van der Waals surface area contributed by atoms with E-state index in [0.29, 0.717) is 13.0 Å². The summed E-state index contributed by atoms with van der Waals surface area (Å²) in [5, 5.41) is 18.1. The van der Waals surface area contributed by atoms with Crippen LogP contribution in [0.15, 0.2) is 0 Å². The molecule has 7 N–H and O–H groups in total. The lowest BCUT2D eigenvalue weighted by Crippen LogP contribution is -2.33. The van der Waals surface area contributed by atoms with E-state index in [1.807, 2.05) is 0 Å². The van der Waals surface area contributed by atoms with Crippen LogP contribution in [0.2, 0.25) is 0 Å². The topological polar surface area (TPSA) is 156 Å². The zero-order valence-corrected chi connectivity index (χ0v) is 12.3. The second kappa shape index (κ2) is 12.7. The molecule has 118 valence electrons. The minimum atomic E-state index is -1.05. The minimum absolute atomic E-state index is 0.344. The molecule has 8 nitrogen and oxygen atoms in total. The number of unbranched alkanes of at least 4 members (excludes halogenated alkanes) is 1. The van der Waals surface area contributed by atoms with E-state index in [0.717, 1.165) is 12.8 Å². The van der Waals surface area contributed by atoms with Gasteiger partial charge in [-0.1, -0.05) is 6.42 Å². The minimum Gasteiger partial charge on any atom is -0.480 e. The van der Waals surface area contributed by atoms with Crippen molar-refractivity contribution in [3.63, 3.8) is 0 Å². The van der Waals surface area contributed by atoms with Gasteiger partial charge in [-0.3, -0.25) is 14.4 Å². The van der Waals surface area contributed by atoms with Crippen LogP contribution in [0, 0.1) is 0 Å². The largest absolute Gasteiger partial charge is 0.480 e. The second-order valence-electron chi connectivity index (χ2n) is 4.02. The molecule has 1 amide bonds. The molecule has 0 saturated carbocycles. The molecule has 0 fully saturated rings. The zero-order valence-electron chi connectivity index (χ0n) is 11.4. The summed E-state index contributed by atoms with van der Waals surface area (Å²) < 4.78 is 0. The van der Waals surface area contributed by atoms with Gasteiger partial charge in [0.1, 0.15) is 12.6 Å². The molecule has 0 bridgehead atoms. The maximum atomic E-state index is 10.6. The molecule has 0 unspecified atom stereocenters. The number of thiol groups is 1. The molecule has 0 heterocycles. The Bertz CT molecular complexity index is 312. The molecule has 0 spiro atoms. The first kappa shape index (κ1) is 21.0. The second-order valence-corrected chi connectivity index (χ2v) is 4.79. The van der Waals surface area contributed by atoms with Crippen LogP contribution in [-0.2, 0) is 14.4 Å². The third-order valence-corrected chi connectivity index (χ3v) is 2.31. The third kappa shape index (κ3) is 14.7. The van der Waals surface area contributed by atoms with Crippen LogP contribution >= 0.6 is 12.6 Å². The van der Waals surface area contributed by atoms with Gasteiger partial charge in [0.05, 0.1) is 5.25 Å². The van der Waals surface area contributed by atoms with Crippen molar-refractivity contribution in [1.82, 2.24) is 5.32 Å². The number of amides is 1. The maximum absolute atomic E-state index is 10.6. The number of aliphatic carboxylic acids is 2. The van der Waals surface area contributed by atoms with Crippen LogP contribution in [-0.4, -0.2) is 52.4 Å². The van der Waals surface area contributed by atoms with Gasteiger partial charge in [-0.15, -0.1) is 0 Å². The Balaban J connectivity index is 0. The lowest BCUT2D eigenvalue weighted by atomic mass is 10.1. The summed E-state index contributed by atoms with van der Waals surface area (Å²) in [6, 6.07) is -0.716. The normalized spacial score (nSPS) is 12.6. The Hall–Kier alpha value is -1.32. The van der Waals surface area contributed by atoms with Gasteiger partial charge in [-0.05, 0) is 26.3 Å². The van der Waals surface area contributed by atoms with Crippen molar-refractivity contribution in [2.45, 2.75) is 37.5 Å². The lowest BCUT2D eigenvalue weighted by molar-refractivity contribution is -0.139. The third-order valence-electron chi connectivity index (χ3n) is 2.08. The predicted octanol–water partition coefficient (Wildman–Crippen LogP) is -0.967. The van der Waals surface area contributed by atoms with Crippen molar-refractivity contribution in [1.29, 1.82) is 0 Å². The van der Waals surface area contributed by atoms with Gasteiger partial charge in [0.15, 0.2) is 0 Å². The number of carboxylic acid groups (broad SMARTS) is 2. The first-order valence-corrected chi connectivity index (χ1v) is 6.60. The quantitative estimate of drug-likeness (QED) is 0.249. The summed E-state index contributed by atoms with van der Waals surface area (Å²) >= 11 is 3.79. The molecule has 20 heavy (non-hydrogen) atoms. The molecule has 0 aliphatic carbocycles. The highest BCUT2D eigenvalue weighted by atomic mass is 32.1. The predicted molar refractivity (Wildman–Crippen MR) is 77.6 cm³/mol. The molecule has 2 atom stereocenters. The SMILES string of the molecule is C[C@H](S)C(=O)NCC(=O)O.NCCCC[C@H](N)C(=O)O. The summed E-state index contributed by atoms with van der Waals surface area (Å²) in [4.78, 5) is 30.6. The smallest absolute Gasteiger partial charge is 0.322 e. The summed E-state index contributed by atoms with van der Waals surface area (Å²) in [6.07, 6.45) is 2.16. The van der Waals surface area contributed by atoms with Gasteiger partial charge < -0.3 is 27.0 Å². The number of carbonyl (C=O) groups excluding carboxylic acids is 1. The summed E-state index contributed by atoms with van der Waals surface area (Å²) in [5.41, 5.74) is 10.4. The van der Waals surface area contributed by atoms with Crippen LogP contribution in [0.1, 0.15) is 26.2 Å². The van der Waals surface area contributed by atoms with Crippen molar-refractivity contribution >= 4 is 30.5 Å². The number of hydrogen-bond donors (Lipinski definition) is 6. The highest BCUT2D eigenvalue weighted by molar-refractivity contribution is 7.81. The fourth-order valence-corrected chi connectivity index (χ4v) is 1.03. The van der Waals surface area contributed by atoms with Gasteiger partial charge in [-0.2, -0.15) is 12.6 Å². The number of rotatable bonds is 8. The lowest BCUT2D eigenvalue weighted by Gasteiger charge is -2.03. The number of carboxylic acids is 2. The molecular formula is C11H23N3O5S. The molecule has 0 rings (SSSR count). The summed E-state index contributed by atoms with van der Waals surface area (Å²) in [6.45, 7) is 1.83. The Kier molecular flexibility index (Phi) is 13.3. The van der Waals surface area contributed by atoms with Crippen LogP contribution in [0.25, 0.3) is 0 Å². The van der Waals surface area contributed by atoms with E-state index in [9.17, 15) is 14.4 Å². The van der Waals surface area contributed by atoms with E-state index in [1.54, 1.807) is 6.92 Å². The summed E-state index contributed by atoms with van der Waals surface area (Å²) in [5.74, 6) is -2.36. The highest BCUT2D eigenvalue weighted by Crippen LogP contribution is 1.97. The van der Waals surface area contributed by atoms with Crippen LogP contribution in [0.4, 0.5) is 0 Å². The Labute approximate surface area is 123 Å². The van der Waals surface area contributed by atoms with E-state index in [4.69, 9.17) is 21.7 Å². The van der Waals surface area contributed by atoms with Crippen molar-refractivity contribution in [2.24, 2.45) is 11.5 Å². The molecule has 0 aromatic heterocycles. The molecule has 0 aromatic carbocycles. The van der Waals surface area contributed by atoms with E-state index in [2.05, 4.69) is 17.9 Å². The van der Waals surface area contributed by atoms with Crippen molar-refractivity contribution < 1.29 is 24.6 Å². The Morgan fingerprint density at radius 1 is 1.25 bits per heavy atom. The molecule has 9 heteroatoms. The highest BCUT2D eigenvalue weighted by Gasteiger charge is 2.09. The number of nitrogens with two attached hydrogens (primary N) is 2. The van der Waals surface area contributed by atoms with E-state index in [1.165, 1.54) is 0 Å². The van der Waals surface area contributed by atoms with Crippen LogP contribution in [0.3, 0.4) is 0 Å². The van der Waals surface area contributed by atoms with Crippen LogP contribution < -0.4 is 16.8 Å². The summed E-state index contributed by atoms with van der Waals surface area (Å²) in [7, 11) is 0. The average molecular weight is 309 g/mol. The average Bonchev–Trinajstić information content (AvgIpc) is 2.36. The van der Waals surface area contributed by atoms with Crippen LogP contribution in [0.5, 0.6) is 0 Å². The first-order valence-electron chi connectivity index (χ1n) is 6.08. The first-order chi connectivity index (χ1) is 9.22. The standard InChI is InChI=1S/C6H14N2O2.C5H9NO3S/c7-4-2-1-3-5(8)6(9)10;1-3(10)5(9)6-2-4(7)8/h5H,1-4,7-8H2,(H,9,10);3,10H,2H2,1H3,(H,6,9)(H,7,8)/t5-;3-/m00/s1. The van der Waals surface area contributed by atoms with Gasteiger partial charge in [0, 0.05) is 0 Å². The van der Waals surface area contributed by atoms with E-state index >= 15 is 0 Å². The van der Waals surface area contributed by atoms with Crippen molar-refractivity contribution in [3.8, 4) is 0 Å². The molecule has 0 aromatic rings. The molecular weight excluding hydrogens is 286 g/mol. The monoisotopic (exact) mass is 309 g/mol. The molecule has 0 radical (unpaired) electrons. The van der Waals surface area contributed by atoms with Gasteiger partial charge in [-0.25, -0.2) is 0 Å². The van der Waals surface area contributed by atoms with Crippen molar-refractivity contribution in [3.05, 3.63) is 0 Å². The van der Waals surface area contributed by atoms with E-state index < -0.39 is 23.2 Å². The maximum Gasteiger partial charge on any atom is 0.322 e. The number of hydrogen-bond acceptors (Lipinski definition) is 6. The van der Waals surface area contributed by atoms with E-state index in [-0.39, 0.29) is 12.5 Å². The number of carbonyl (C=O) groups is 3. The Morgan fingerprint density at radius 2 is 1.80 bits per heavy atom. The van der Waals surface area contributed by atoms with Gasteiger partial charge in [0.25, 0.3) is 0 Å².